The van der Waals surface area contributed by atoms with Crippen LogP contribution >= 0.6 is 11.8 Å². The van der Waals surface area contributed by atoms with Gasteiger partial charge < -0.3 is 0 Å². The molecule has 0 saturated carbocycles. The lowest BCUT2D eigenvalue weighted by molar-refractivity contribution is -0.127. The van der Waals surface area contributed by atoms with Crippen molar-refractivity contribution in [2.24, 2.45) is 5.84 Å². The van der Waals surface area contributed by atoms with Gasteiger partial charge in [-0.3, -0.25) is 15.1 Å². The van der Waals surface area contributed by atoms with Crippen molar-refractivity contribution in [1.82, 2.24) is 10.3 Å². The molecule has 2 unspecified atom stereocenters. The largest absolute Gasteiger partial charge is 0.293 e. The van der Waals surface area contributed by atoms with Gasteiger partial charge in [-0.25, -0.2) is 5.84 Å². The second-order valence-corrected chi connectivity index (χ2v) is 4.91. The van der Waals surface area contributed by atoms with Crippen LogP contribution in [0, 0.1) is 0 Å². The Morgan fingerprint density at radius 3 is 2.50 bits per heavy atom. The molecule has 0 saturated heterocycles. The third-order valence-electron chi connectivity index (χ3n) is 2.90. The summed E-state index contributed by atoms with van der Waals surface area (Å²) in [5, 5.41) is 0. The second kappa shape index (κ2) is 8.84. The summed E-state index contributed by atoms with van der Waals surface area (Å²) >= 11 is 1.81. The van der Waals surface area contributed by atoms with Crippen LogP contribution in [0.2, 0.25) is 0 Å². The zero-order chi connectivity index (χ0) is 12.6. The van der Waals surface area contributed by atoms with Crippen molar-refractivity contribution in [3.63, 3.8) is 0 Å². The Morgan fingerprint density at radius 2 is 2.12 bits per heavy atom. The molecule has 0 spiro atoms. The molecule has 16 heavy (non-hydrogen) atoms. The van der Waals surface area contributed by atoms with Crippen molar-refractivity contribution in [2.75, 3.05) is 19.1 Å². The molecule has 4 nitrogen and oxygen atoms in total. The van der Waals surface area contributed by atoms with Crippen LogP contribution in [-0.2, 0) is 4.79 Å². The van der Waals surface area contributed by atoms with E-state index in [4.69, 9.17) is 5.84 Å². The topological polar surface area (TPSA) is 58.4 Å². The number of nitrogens with one attached hydrogen (secondary N) is 1. The van der Waals surface area contributed by atoms with Gasteiger partial charge in [0.05, 0.1) is 6.04 Å². The molecule has 0 heterocycles. The first-order valence-electron chi connectivity index (χ1n) is 5.83. The number of nitrogens with zero attached hydrogens (tertiary/aromatic N) is 1. The molecule has 1 amide bonds. The van der Waals surface area contributed by atoms with Crippen molar-refractivity contribution < 1.29 is 4.79 Å². The van der Waals surface area contributed by atoms with Crippen molar-refractivity contribution >= 4 is 17.7 Å². The molecule has 0 aliphatic rings. The van der Waals surface area contributed by atoms with E-state index in [0.29, 0.717) is 6.04 Å². The Labute approximate surface area is 103 Å². The van der Waals surface area contributed by atoms with Gasteiger partial charge in [0.1, 0.15) is 0 Å². The van der Waals surface area contributed by atoms with Crippen molar-refractivity contribution in [3.05, 3.63) is 0 Å². The smallest absolute Gasteiger partial charge is 0.251 e. The minimum atomic E-state index is -0.105. The summed E-state index contributed by atoms with van der Waals surface area (Å²) in [6, 6.07) is 0.330. The number of carbonyl (C=O) groups excluding carboxylic acids is 1. The van der Waals surface area contributed by atoms with Crippen molar-refractivity contribution in [3.8, 4) is 0 Å². The molecule has 3 N–H and O–H groups in total. The van der Waals surface area contributed by atoms with Crippen LogP contribution in [0.15, 0.2) is 0 Å². The van der Waals surface area contributed by atoms with E-state index in [-0.39, 0.29) is 11.9 Å². The molecule has 2 atom stereocenters. The van der Waals surface area contributed by atoms with Gasteiger partial charge in [-0.05, 0) is 26.1 Å². The number of nitrogens with two attached hydrogens (primary N) is 1. The maximum Gasteiger partial charge on any atom is 0.251 e. The number of rotatable bonds is 8. The summed E-state index contributed by atoms with van der Waals surface area (Å²) in [5.41, 5.74) is 2.26. The maximum absolute atomic E-state index is 11.7. The fourth-order valence-corrected chi connectivity index (χ4v) is 2.72. The van der Waals surface area contributed by atoms with Crippen molar-refractivity contribution in [1.29, 1.82) is 0 Å². The number of hydrogen-bond acceptors (Lipinski definition) is 4. The molecule has 0 aromatic rings. The van der Waals surface area contributed by atoms with Gasteiger partial charge in [0.25, 0.3) is 5.91 Å². The van der Waals surface area contributed by atoms with Gasteiger partial charge in [0.15, 0.2) is 0 Å². The lowest BCUT2D eigenvalue weighted by Gasteiger charge is -2.33. The first kappa shape index (κ1) is 15.7. The average molecular weight is 247 g/mol. The predicted octanol–water partition coefficient (Wildman–Crippen LogP) is 1.22. The molecule has 0 aliphatic heterocycles. The van der Waals surface area contributed by atoms with Gasteiger partial charge in [0, 0.05) is 11.8 Å². The van der Waals surface area contributed by atoms with Crippen LogP contribution in [0.1, 0.15) is 33.1 Å². The summed E-state index contributed by atoms with van der Waals surface area (Å²) in [5.74, 6) is 6.19. The van der Waals surface area contributed by atoms with Gasteiger partial charge >= 0.3 is 0 Å². The predicted molar refractivity (Wildman–Crippen MR) is 71.3 cm³/mol. The van der Waals surface area contributed by atoms with E-state index in [2.05, 4.69) is 30.4 Å². The van der Waals surface area contributed by atoms with E-state index in [1.165, 1.54) is 0 Å². The SMILES string of the molecule is CCCC(C(=O)NN)N(C)C(CC)CSC. The van der Waals surface area contributed by atoms with E-state index < -0.39 is 0 Å². The van der Waals surface area contributed by atoms with Gasteiger partial charge in [0.2, 0.25) is 0 Å². The Morgan fingerprint density at radius 1 is 1.50 bits per heavy atom. The lowest BCUT2D eigenvalue weighted by Crippen LogP contribution is -2.51. The first-order chi connectivity index (χ1) is 7.62. The highest BCUT2D eigenvalue weighted by atomic mass is 32.2. The Kier molecular flexibility index (Phi) is 8.70. The fourth-order valence-electron chi connectivity index (χ4n) is 1.86. The van der Waals surface area contributed by atoms with E-state index in [1.807, 2.05) is 18.8 Å². The van der Waals surface area contributed by atoms with Crippen molar-refractivity contribution in [2.45, 2.75) is 45.2 Å². The number of hydrazine groups is 1. The summed E-state index contributed by atoms with van der Waals surface area (Å²) in [6.07, 6.45) is 4.98. The van der Waals surface area contributed by atoms with Gasteiger partial charge in [-0.2, -0.15) is 11.8 Å². The molecular formula is C11H25N3OS. The molecule has 0 aliphatic carbocycles. The monoisotopic (exact) mass is 247 g/mol. The van der Waals surface area contributed by atoms with Crippen LogP contribution in [0.3, 0.4) is 0 Å². The van der Waals surface area contributed by atoms with Crippen LogP contribution < -0.4 is 11.3 Å². The fraction of sp³-hybridized carbons (Fsp3) is 0.909. The number of amides is 1. The van der Waals surface area contributed by atoms with Crippen LogP contribution in [0.4, 0.5) is 0 Å². The van der Waals surface area contributed by atoms with Crippen LogP contribution in [0.25, 0.3) is 0 Å². The van der Waals surface area contributed by atoms with E-state index >= 15 is 0 Å². The van der Waals surface area contributed by atoms with Gasteiger partial charge in [-0.1, -0.05) is 20.3 Å². The average Bonchev–Trinajstić information content (AvgIpc) is 2.31. The maximum atomic E-state index is 11.7. The molecule has 96 valence electrons. The second-order valence-electron chi connectivity index (χ2n) is 4.00. The first-order valence-corrected chi connectivity index (χ1v) is 7.22. The zero-order valence-electron chi connectivity index (χ0n) is 10.8. The van der Waals surface area contributed by atoms with Gasteiger partial charge in [-0.15, -0.1) is 0 Å². The minimum Gasteiger partial charge on any atom is -0.293 e. The highest BCUT2D eigenvalue weighted by Gasteiger charge is 2.26. The summed E-state index contributed by atoms with van der Waals surface area (Å²) in [4.78, 5) is 13.8. The Hall–Kier alpha value is -0.260. The number of carbonyl (C=O) groups is 1. The third-order valence-corrected chi connectivity index (χ3v) is 3.62. The van der Waals surface area contributed by atoms with E-state index in [1.54, 1.807) is 0 Å². The Balaban J connectivity index is 4.55. The Bertz CT molecular complexity index is 202. The standard InChI is InChI=1S/C11H25N3OS/c1-5-7-10(11(15)13-12)14(3)9(6-2)8-16-4/h9-10H,5-8,12H2,1-4H3,(H,13,15). The highest BCUT2D eigenvalue weighted by molar-refractivity contribution is 7.98. The van der Waals surface area contributed by atoms with E-state index in [0.717, 1.165) is 25.0 Å². The quantitative estimate of drug-likeness (QED) is 0.385. The molecule has 0 aromatic heterocycles. The summed E-state index contributed by atoms with van der Waals surface area (Å²) < 4.78 is 0. The van der Waals surface area contributed by atoms with Crippen LogP contribution in [0.5, 0.6) is 0 Å². The minimum absolute atomic E-state index is 0.0797. The van der Waals surface area contributed by atoms with Crippen LogP contribution in [-0.4, -0.2) is 41.9 Å². The number of hydrogen-bond donors (Lipinski definition) is 2. The number of likely N-dealkylation sites (N-methyl/N-ethyl adjacent to an activating group) is 1. The molecule has 0 aromatic carbocycles. The normalized spacial score (nSPS) is 14.9. The molecule has 0 radical (unpaired) electrons. The third kappa shape index (κ3) is 4.72. The molecule has 5 heteroatoms. The summed E-state index contributed by atoms with van der Waals surface area (Å²) in [6.45, 7) is 4.24. The summed E-state index contributed by atoms with van der Waals surface area (Å²) in [7, 11) is 2.01. The molecule has 0 fully saturated rings. The van der Waals surface area contributed by atoms with E-state index in [9.17, 15) is 4.79 Å². The molecular weight excluding hydrogens is 222 g/mol. The molecule has 0 bridgehead atoms. The highest BCUT2D eigenvalue weighted by Crippen LogP contribution is 2.14. The molecule has 0 rings (SSSR count). The lowest BCUT2D eigenvalue weighted by atomic mass is 10.1. The zero-order valence-corrected chi connectivity index (χ0v) is 11.6. The number of thioether (sulfide) groups is 1.